The van der Waals surface area contributed by atoms with Crippen LogP contribution < -0.4 is 16.4 Å². The Morgan fingerprint density at radius 2 is 1.86 bits per heavy atom. The van der Waals surface area contributed by atoms with E-state index >= 15 is 0 Å². The zero-order chi connectivity index (χ0) is 15.8. The largest absolute Gasteiger partial charge is 0.480 e. The predicted molar refractivity (Wildman–Crippen MR) is 81.9 cm³/mol. The van der Waals surface area contributed by atoms with E-state index in [0.717, 1.165) is 6.42 Å². The van der Waals surface area contributed by atoms with Crippen LogP contribution in [-0.2, 0) is 9.59 Å². The molecule has 2 atom stereocenters. The van der Waals surface area contributed by atoms with Crippen LogP contribution in [0, 0.1) is 0 Å². The molecule has 1 aromatic rings. The summed E-state index contributed by atoms with van der Waals surface area (Å²) in [4.78, 5) is 25.2. The highest BCUT2D eigenvalue weighted by Crippen LogP contribution is 2.21. The summed E-state index contributed by atoms with van der Waals surface area (Å²) in [6, 6.07) is 7.05. The van der Waals surface area contributed by atoms with Gasteiger partial charge in [-0.1, -0.05) is 18.2 Å². The number of anilines is 1. The third-order valence-corrected chi connectivity index (χ3v) is 3.19. The molecule has 1 amide bonds. The van der Waals surface area contributed by atoms with Crippen LogP contribution in [0.4, 0.5) is 5.69 Å². The number of carbonyl (C=O) groups excluding carboxylic acids is 1. The summed E-state index contributed by atoms with van der Waals surface area (Å²) in [5, 5.41) is 9.47. The number of unbranched alkanes of at least 4 members (excludes halogenated alkanes) is 1. The average Bonchev–Trinajstić information content (AvgIpc) is 2.46. The summed E-state index contributed by atoms with van der Waals surface area (Å²) in [5.41, 5.74) is 11.6. The van der Waals surface area contributed by atoms with Crippen LogP contribution >= 0.6 is 0 Å². The maximum absolute atomic E-state index is 12.3. The first-order valence-electron chi connectivity index (χ1n) is 7.05. The second kappa shape index (κ2) is 8.39. The lowest BCUT2D eigenvalue weighted by Gasteiger charge is -2.30. The zero-order valence-electron chi connectivity index (χ0n) is 12.2. The summed E-state index contributed by atoms with van der Waals surface area (Å²) in [6.45, 7) is 2.05. The van der Waals surface area contributed by atoms with Crippen molar-refractivity contribution < 1.29 is 14.7 Å². The minimum atomic E-state index is -1.04. The van der Waals surface area contributed by atoms with Gasteiger partial charge in [-0.2, -0.15) is 0 Å². The first-order valence-corrected chi connectivity index (χ1v) is 7.05. The highest BCUT2D eigenvalue weighted by Gasteiger charge is 2.31. The molecular formula is C15H23N3O3. The summed E-state index contributed by atoms with van der Waals surface area (Å²) in [6.07, 6.45) is 1.71. The fraction of sp³-hybridized carbons (Fsp3) is 0.467. The van der Waals surface area contributed by atoms with Crippen molar-refractivity contribution in [2.24, 2.45) is 11.5 Å². The molecule has 0 saturated heterocycles. The highest BCUT2D eigenvalue weighted by molar-refractivity contribution is 6.01. The lowest BCUT2D eigenvalue weighted by atomic mass is 10.1. The van der Waals surface area contributed by atoms with Crippen molar-refractivity contribution in [3.8, 4) is 0 Å². The number of carboxylic acid groups (broad SMARTS) is 1. The SMILES string of the molecule is CC(N)C(=O)N(c1ccccc1)C(CCCCN)C(=O)O. The van der Waals surface area contributed by atoms with Gasteiger partial charge < -0.3 is 16.6 Å². The molecule has 0 aliphatic heterocycles. The Morgan fingerprint density at radius 1 is 1.24 bits per heavy atom. The van der Waals surface area contributed by atoms with Crippen LogP contribution in [-0.4, -0.2) is 35.6 Å². The number of amides is 1. The Labute approximate surface area is 124 Å². The molecule has 0 radical (unpaired) electrons. The third kappa shape index (κ3) is 4.84. The van der Waals surface area contributed by atoms with Crippen molar-refractivity contribution in [2.75, 3.05) is 11.4 Å². The topological polar surface area (TPSA) is 110 Å². The molecule has 0 aromatic heterocycles. The number of benzene rings is 1. The standard InChI is InChI=1S/C15H23N3O3/c1-11(17)14(19)18(12-7-3-2-4-8-12)13(15(20)21)9-5-6-10-16/h2-4,7-8,11,13H,5-6,9-10,16-17H2,1H3,(H,20,21). The molecule has 0 aliphatic carbocycles. The number of nitrogens with zero attached hydrogens (tertiary/aromatic N) is 1. The van der Waals surface area contributed by atoms with Crippen LogP contribution in [0.1, 0.15) is 26.2 Å². The van der Waals surface area contributed by atoms with Crippen LogP contribution in [0.2, 0.25) is 0 Å². The van der Waals surface area contributed by atoms with Crippen LogP contribution in [0.5, 0.6) is 0 Å². The van der Waals surface area contributed by atoms with Gasteiger partial charge in [-0.15, -0.1) is 0 Å². The Balaban J connectivity index is 3.07. The van der Waals surface area contributed by atoms with E-state index in [9.17, 15) is 14.7 Å². The first kappa shape index (κ1) is 17.1. The molecule has 6 nitrogen and oxygen atoms in total. The molecule has 0 bridgehead atoms. The Kier molecular flexibility index (Phi) is 6.84. The number of para-hydroxylation sites is 1. The quantitative estimate of drug-likeness (QED) is 0.618. The van der Waals surface area contributed by atoms with Gasteiger partial charge in [0.1, 0.15) is 6.04 Å². The Hall–Kier alpha value is -1.92. The van der Waals surface area contributed by atoms with Gasteiger partial charge in [0.15, 0.2) is 0 Å². The number of nitrogens with two attached hydrogens (primary N) is 2. The average molecular weight is 293 g/mol. The van der Waals surface area contributed by atoms with E-state index in [-0.39, 0.29) is 0 Å². The maximum atomic E-state index is 12.3. The molecule has 5 N–H and O–H groups in total. The van der Waals surface area contributed by atoms with E-state index in [2.05, 4.69) is 0 Å². The molecule has 0 heterocycles. The van der Waals surface area contributed by atoms with E-state index in [1.807, 2.05) is 6.07 Å². The number of rotatable bonds is 8. The molecule has 0 saturated carbocycles. The van der Waals surface area contributed by atoms with Gasteiger partial charge in [0.2, 0.25) is 5.91 Å². The molecule has 116 valence electrons. The molecular weight excluding hydrogens is 270 g/mol. The monoisotopic (exact) mass is 293 g/mol. The fourth-order valence-corrected chi connectivity index (χ4v) is 2.11. The van der Waals surface area contributed by atoms with E-state index in [0.29, 0.717) is 25.1 Å². The Morgan fingerprint density at radius 3 is 2.33 bits per heavy atom. The highest BCUT2D eigenvalue weighted by atomic mass is 16.4. The number of carbonyl (C=O) groups is 2. The lowest BCUT2D eigenvalue weighted by Crippen LogP contribution is -2.51. The number of carboxylic acids is 1. The molecule has 1 aromatic carbocycles. The maximum Gasteiger partial charge on any atom is 0.326 e. The summed E-state index contributed by atoms with van der Waals surface area (Å²) >= 11 is 0. The van der Waals surface area contributed by atoms with Crippen LogP contribution in [0.3, 0.4) is 0 Å². The van der Waals surface area contributed by atoms with Crippen molar-refractivity contribution in [3.05, 3.63) is 30.3 Å². The molecule has 0 aliphatic rings. The predicted octanol–water partition coefficient (Wildman–Crippen LogP) is 0.949. The number of aliphatic carboxylic acids is 1. The van der Waals surface area contributed by atoms with Crippen LogP contribution in [0.25, 0.3) is 0 Å². The van der Waals surface area contributed by atoms with Gasteiger partial charge >= 0.3 is 5.97 Å². The Bertz CT molecular complexity index is 462. The smallest absolute Gasteiger partial charge is 0.326 e. The molecule has 0 spiro atoms. The molecule has 1 rings (SSSR count). The van der Waals surface area contributed by atoms with E-state index in [1.54, 1.807) is 31.2 Å². The van der Waals surface area contributed by atoms with Gasteiger partial charge in [0.05, 0.1) is 6.04 Å². The number of hydrogen-bond acceptors (Lipinski definition) is 4. The van der Waals surface area contributed by atoms with Crippen molar-refractivity contribution >= 4 is 17.6 Å². The van der Waals surface area contributed by atoms with Crippen molar-refractivity contribution in [3.63, 3.8) is 0 Å². The molecule has 2 unspecified atom stereocenters. The summed E-state index contributed by atoms with van der Waals surface area (Å²) in [5.74, 6) is -1.44. The summed E-state index contributed by atoms with van der Waals surface area (Å²) in [7, 11) is 0. The van der Waals surface area contributed by atoms with Gasteiger partial charge in [-0.05, 0) is 44.9 Å². The van der Waals surface area contributed by atoms with Crippen molar-refractivity contribution in [1.82, 2.24) is 0 Å². The van der Waals surface area contributed by atoms with Crippen molar-refractivity contribution in [1.29, 1.82) is 0 Å². The van der Waals surface area contributed by atoms with Gasteiger partial charge in [0, 0.05) is 5.69 Å². The van der Waals surface area contributed by atoms with Gasteiger partial charge in [-0.25, -0.2) is 4.79 Å². The first-order chi connectivity index (χ1) is 9.99. The second-order valence-corrected chi connectivity index (χ2v) is 4.97. The molecule has 6 heteroatoms. The molecule has 21 heavy (non-hydrogen) atoms. The zero-order valence-corrected chi connectivity index (χ0v) is 12.2. The fourth-order valence-electron chi connectivity index (χ4n) is 2.11. The van der Waals surface area contributed by atoms with E-state index in [4.69, 9.17) is 11.5 Å². The third-order valence-electron chi connectivity index (χ3n) is 3.19. The van der Waals surface area contributed by atoms with E-state index in [1.165, 1.54) is 4.90 Å². The van der Waals surface area contributed by atoms with Gasteiger partial charge in [0.25, 0.3) is 0 Å². The molecule has 0 fully saturated rings. The number of hydrogen-bond donors (Lipinski definition) is 3. The van der Waals surface area contributed by atoms with Gasteiger partial charge in [-0.3, -0.25) is 9.69 Å². The minimum Gasteiger partial charge on any atom is -0.480 e. The second-order valence-electron chi connectivity index (χ2n) is 4.97. The van der Waals surface area contributed by atoms with Crippen molar-refractivity contribution in [2.45, 2.75) is 38.3 Å². The lowest BCUT2D eigenvalue weighted by molar-refractivity contribution is -0.140. The summed E-state index contributed by atoms with van der Waals surface area (Å²) < 4.78 is 0. The minimum absolute atomic E-state index is 0.347. The normalized spacial score (nSPS) is 13.5. The van der Waals surface area contributed by atoms with Crippen LogP contribution in [0.15, 0.2) is 30.3 Å². The van der Waals surface area contributed by atoms with E-state index < -0.39 is 24.0 Å².